The minimum Gasteiger partial charge on any atom is -0.481 e. The lowest BCUT2D eigenvalue weighted by atomic mass is 9.86. The zero-order valence-corrected chi connectivity index (χ0v) is 18.2. The highest BCUT2D eigenvalue weighted by atomic mass is 127. The predicted molar refractivity (Wildman–Crippen MR) is 113 cm³/mol. The highest BCUT2D eigenvalue weighted by Gasteiger charge is 2.45. The van der Waals surface area contributed by atoms with Gasteiger partial charge in [-0.25, -0.2) is 0 Å². The molecule has 2 atom stereocenters. The third-order valence-electron chi connectivity index (χ3n) is 4.44. The maximum Gasteiger partial charge on any atom is 0.392 e. The molecule has 9 heteroatoms. The zero-order valence-electron chi connectivity index (χ0n) is 15.3. The van der Waals surface area contributed by atoms with Crippen LogP contribution in [0.1, 0.15) is 30.4 Å². The lowest BCUT2D eigenvalue weighted by Gasteiger charge is -2.26. The second kappa shape index (κ2) is 9.80. The van der Waals surface area contributed by atoms with Gasteiger partial charge < -0.3 is 10.4 Å². The fourth-order valence-electron chi connectivity index (χ4n) is 2.81. The Balaban J connectivity index is 2.33. The fraction of sp³-hybridized carbons (Fsp3) is 0.300. The Morgan fingerprint density at radius 2 is 1.79 bits per heavy atom. The number of carbonyl (C=O) groups excluding carboxylic acids is 1. The molecule has 1 amide bonds. The van der Waals surface area contributed by atoms with E-state index in [1.807, 2.05) is 22.6 Å². The summed E-state index contributed by atoms with van der Waals surface area (Å²) in [5.74, 6) is -5.21. The van der Waals surface area contributed by atoms with Crippen molar-refractivity contribution < 1.29 is 27.9 Å². The van der Waals surface area contributed by atoms with E-state index >= 15 is 0 Å². The molecule has 0 saturated heterocycles. The van der Waals surface area contributed by atoms with Crippen LogP contribution in [0.3, 0.4) is 0 Å². The number of hydrogen-bond acceptors (Lipinski definition) is 2. The summed E-state index contributed by atoms with van der Waals surface area (Å²) in [5, 5.41) is 11.4. The average Bonchev–Trinajstić information content (AvgIpc) is 2.63. The van der Waals surface area contributed by atoms with Crippen LogP contribution in [0.2, 0.25) is 5.02 Å². The molecule has 4 nitrogen and oxygen atoms in total. The van der Waals surface area contributed by atoms with Gasteiger partial charge in [-0.2, -0.15) is 13.2 Å². The second-order valence-corrected chi connectivity index (χ2v) is 8.21. The van der Waals surface area contributed by atoms with E-state index in [0.717, 1.165) is 10.5 Å². The van der Waals surface area contributed by atoms with Gasteiger partial charge in [0.15, 0.2) is 0 Å². The normalized spacial score (nSPS) is 13.6. The van der Waals surface area contributed by atoms with E-state index in [4.69, 9.17) is 16.7 Å². The average molecular weight is 540 g/mol. The summed E-state index contributed by atoms with van der Waals surface area (Å²) in [7, 11) is 0. The van der Waals surface area contributed by atoms with Gasteiger partial charge in [0.2, 0.25) is 5.91 Å². The third kappa shape index (κ3) is 6.60. The summed E-state index contributed by atoms with van der Waals surface area (Å²) in [4.78, 5) is 23.6. The van der Waals surface area contributed by atoms with Crippen LogP contribution in [-0.2, 0) is 16.0 Å². The van der Waals surface area contributed by atoms with Crippen LogP contribution in [0.25, 0.3) is 0 Å². The number of benzene rings is 2. The minimum atomic E-state index is -4.57. The van der Waals surface area contributed by atoms with Crippen molar-refractivity contribution in [2.24, 2.45) is 5.92 Å². The van der Waals surface area contributed by atoms with Crippen LogP contribution < -0.4 is 5.32 Å². The van der Waals surface area contributed by atoms with Gasteiger partial charge in [0.05, 0.1) is 22.5 Å². The Bertz CT molecular complexity index is 888. The molecular formula is C20H18ClF3INO3. The number of halogens is 5. The van der Waals surface area contributed by atoms with E-state index < -0.39 is 29.9 Å². The molecule has 2 aromatic rings. The van der Waals surface area contributed by atoms with Crippen LogP contribution in [0, 0.1) is 9.49 Å². The van der Waals surface area contributed by atoms with Crippen molar-refractivity contribution in [2.75, 3.05) is 5.32 Å². The molecule has 0 aromatic heterocycles. The summed E-state index contributed by atoms with van der Waals surface area (Å²) in [6.45, 7) is 0.965. The molecule has 0 saturated carbocycles. The number of hydrogen-bond donors (Lipinski definition) is 2. The first-order valence-corrected chi connectivity index (χ1v) is 10.1. The number of alkyl halides is 3. The van der Waals surface area contributed by atoms with Crippen LogP contribution in [0.15, 0.2) is 42.5 Å². The molecule has 0 unspecified atom stereocenters. The molecule has 0 heterocycles. The van der Waals surface area contributed by atoms with Gasteiger partial charge in [0.25, 0.3) is 0 Å². The maximum absolute atomic E-state index is 13.4. The molecule has 156 valence electrons. The second-order valence-electron chi connectivity index (χ2n) is 6.56. The van der Waals surface area contributed by atoms with Gasteiger partial charge in [-0.3, -0.25) is 9.59 Å². The molecule has 2 N–H and O–H groups in total. The largest absolute Gasteiger partial charge is 0.481 e. The number of nitrogens with one attached hydrogen (secondary N) is 1. The predicted octanol–water partition coefficient (Wildman–Crippen LogP) is 5.88. The van der Waals surface area contributed by atoms with Crippen molar-refractivity contribution in [3.63, 3.8) is 0 Å². The quantitative estimate of drug-likeness (QED) is 0.432. The van der Waals surface area contributed by atoms with E-state index in [0.29, 0.717) is 5.56 Å². The number of rotatable bonds is 7. The maximum atomic E-state index is 13.4. The summed E-state index contributed by atoms with van der Waals surface area (Å²) < 4.78 is 41.1. The highest BCUT2D eigenvalue weighted by Crippen LogP contribution is 2.38. The molecule has 2 aromatic carbocycles. The van der Waals surface area contributed by atoms with Gasteiger partial charge >= 0.3 is 12.1 Å². The molecule has 2 rings (SSSR count). The van der Waals surface area contributed by atoms with Crippen molar-refractivity contribution in [3.8, 4) is 0 Å². The third-order valence-corrected chi connectivity index (χ3v) is 5.49. The van der Waals surface area contributed by atoms with Crippen LogP contribution in [0.4, 0.5) is 18.9 Å². The molecular weight excluding hydrogens is 522 g/mol. The summed E-state index contributed by atoms with van der Waals surface area (Å²) in [6.07, 6.45) is -4.49. The van der Waals surface area contributed by atoms with Crippen molar-refractivity contribution in [2.45, 2.75) is 31.9 Å². The Hall–Kier alpha value is -1.81. The molecule has 0 radical (unpaired) electrons. The standard InChI is InChI=1S/C20H18ClF3INO3/c1-11(20(22,23)24)18(13-4-6-14(25)7-5-13)19(29)26-16-10-12(2-8-15(16)21)3-9-17(27)28/h2,4-8,10-11,18H,3,9H2,1H3,(H,26,29)(H,27,28)/t11-,18+/m1/s1. The summed E-state index contributed by atoms with van der Waals surface area (Å²) >= 11 is 8.12. The first-order chi connectivity index (χ1) is 13.5. The topological polar surface area (TPSA) is 66.4 Å². The van der Waals surface area contributed by atoms with E-state index in [1.165, 1.54) is 24.3 Å². The molecule has 29 heavy (non-hydrogen) atoms. The van der Waals surface area contributed by atoms with E-state index in [-0.39, 0.29) is 29.1 Å². The van der Waals surface area contributed by atoms with Crippen LogP contribution >= 0.6 is 34.2 Å². The monoisotopic (exact) mass is 539 g/mol. The van der Waals surface area contributed by atoms with E-state index in [1.54, 1.807) is 18.2 Å². The zero-order chi connectivity index (χ0) is 21.8. The lowest BCUT2D eigenvalue weighted by molar-refractivity contribution is -0.178. The first kappa shape index (κ1) is 23.5. The lowest BCUT2D eigenvalue weighted by Crippen LogP contribution is -2.34. The highest BCUT2D eigenvalue weighted by molar-refractivity contribution is 14.1. The van der Waals surface area contributed by atoms with Crippen molar-refractivity contribution >= 4 is 51.8 Å². The molecule has 0 spiro atoms. The number of amides is 1. The van der Waals surface area contributed by atoms with Crippen LogP contribution in [0.5, 0.6) is 0 Å². The Morgan fingerprint density at radius 1 is 1.17 bits per heavy atom. The number of carboxylic acid groups (broad SMARTS) is 1. The first-order valence-electron chi connectivity index (χ1n) is 8.62. The van der Waals surface area contributed by atoms with E-state index in [9.17, 15) is 22.8 Å². The number of aryl methyl sites for hydroxylation is 1. The number of aliphatic carboxylic acids is 1. The van der Waals surface area contributed by atoms with Gasteiger partial charge in [-0.05, 0) is 64.4 Å². The van der Waals surface area contributed by atoms with Crippen molar-refractivity contribution in [3.05, 3.63) is 62.2 Å². The van der Waals surface area contributed by atoms with Crippen LogP contribution in [-0.4, -0.2) is 23.2 Å². The smallest absolute Gasteiger partial charge is 0.392 e. The van der Waals surface area contributed by atoms with Gasteiger partial charge in [0.1, 0.15) is 0 Å². The van der Waals surface area contributed by atoms with Gasteiger partial charge in [0, 0.05) is 9.99 Å². The van der Waals surface area contributed by atoms with Crippen molar-refractivity contribution in [1.82, 2.24) is 0 Å². The fourth-order valence-corrected chi connectivity index (χ4v) is 3.34. The minimum absolute atomic E-state index is 0.120. The molecule has 0 aliphatic rings. The van der Waals surface area contributed by atoms with Gasteiger partial charge in [-0.1, -0.05) is 36.7 Å². The van der Waals surface area contributed by atoms with E-state index in [2.05, 4.69) is 5.32 Å². The Kier molecular flexibility index (Phi) is 7.93. The Labute approximate surface area is 184 Å². The molecule has 0 aliphatic carbocycles. The molecule has 0 fully saturated rings. The molecule has 0 aliphatic heterocycles. The summed E-state index contributed by atoms with van der Waals surface area (Å²) in [6, 6.07) is 10.8. The van der Waals surface area contributed by atoms with Gasteiger partial charge in [-0.15, -0.1) is 0 Å². The number of carboxylic acids is 1. The molecule has 0 bridgehead atoms. The van der Waals surface area contributed by atoms with Crippen molar-refractivity contribution in [1.29, 1.82) is 0 Å². The SMILES string of the molecule is C[C@H]([C@H](C(=O)Nc1cc(CCC(=O)O)ccc1Cl)c1ccc(I)cc1)C(F)(F)F. The number of anilines is 1. The number of carbonyl (C=O) groups is 2. The summed E-state index contributed by atoms with van der Waals surface area (Å²) in [5.41, 5.74) is 0.983. The Morgan fingerprint density at radius 3 is 2.34 bits per heavy atom.